The van der Waals surface area contributed by atoms with E-state index in [1.165, 1.54) is 95.5 Å². The number of hydrogen-bond acceptors (Lipinski definition) is 0. The molecule has 0 bridgehead atoms. The summed E-state index contributed by atoms with van der Waals surface area (Å²) < 4.78 is 0. The van der Waals surface area contributed by atoms with Crippen LogP contribution >= 0.6 is 7.26 Å². The van der Waals surface area contributed by atoms with Gasteiger partial charge in [-0.25, -0.2) is 0 Å². The van der Waals surface area contributed by atoms with Gasteiger partial charge in [-0.3, -0.25) is 0 Å². The summed E-state index contributed by atoms with van der Waals surface area (Å²) in [6.45, 7) is 9.63. The fraction of sp³-hybridized carbons (Fsp3) is 1.00. The summed E-state index contributed by atoms with van der Waals surface area (Å²) >= 11 is 0. The Bertz CT molecular complexity index is 188. The van der Waals surface area contributed by atoms with Gasteiger partial charge in [-0.1, -0.05) is 13.3 Å². The third-order valence-corrected chi connectivity index (χ3v) is 11.7. The molecular weight excluding hydrogens is 271 g/mol. The van der Waals surface area contributed by atoms with E-state index in [2.05, 4.69) is 27.7 Å². The van der Waals surface area contributed by atoms with Gasteiger partial charge in [0.2, 0.25) is 0 Å². The molecule has 0 aliphatic heterocycles. The molecule has 1 heteroatoms. The molecule has 0 amide bonds. The molecule has 0 N–H and O–H groups in total. The van der Waals surface area contributed by atoms with Crippen LogP contribution in [0.2, 0.25) is 0 Å². The first-order chi connectivity index (χ1) is 10.2. The van der Waals surface area contributed by atoms with Gasteiger partial charge in [-0.05, 0) is 0 Å². The number of unbranched alkanes of at least 4 members (excludes halogenated alkanes) is 11. The second-order valence-electron chi connectivity index (χ2n) is 7.20. The average Bonchev–Trinajstić information content (AvgIpc) is 2.53. The Morgan fingerprint density at radius 1 is 0.429 bits per heavy atom. The van der Waals surface area contributed by atoms with Crippen molar-refractivity contribution in [1.29, 1.82) is 0 Å². The van der Waals surface area contributed by atoms with E-state index < -0.39 is 7.26 Å². The molecule has 0 unspecified atom stereocenters. The molecule has 0 aliphatic rings. The van der Waals surface area contributed by atoms with E-state index in [-0.39, 0.29) is 0 Å². The minimum absolute atomic E-state index is 0.815. The Balaban J connectivity index is 3.29. The standard InChI is InChI=1S/C20H45P/c1-5-9-10-11-12-13-14-15-16-17-18-19-20-21(6-2,7-3)8-4/h21H,5-20H2,1-4H3. The third-order valence-electron chi connectivity index (χ3n) is 5.81. The first-order valence-corrected chi connectivity index (χ1v) is 13.1. The SMILES string of the molecule is CCCCCCCCCCCCCC[PH](CC)(CC)CC. The van der Waals surface area contributed by atoms with Gasteiger partial charge in [-0.2, -0.15) is 0 Å². The van der Waals surface area contributed by atoms with E-state index in [4.69, 9.17) is 0 Å². The van der Waals surface area contributed by atoms with Gasteiger partial charge in [-0.15, -0.1) is 0 Å². The number of hydrogen-bond donors (Lipinski definition) is 0. The molecule has 0 heterocycles. The topological polar surface area (TPSA) is 0 Å². The zero-order valence-corrected chi connectivity index (χ0v) is 16.8. The fourth-order valence-corrected chi connectivity index (χ4v) is 7.18. The number of rotatable bonds is 16. The molecule has 0 aromatic heterocycles. The van der Waals surface area contributed by atoms with Crippen LogP contribution in [0.3, 0.4) is 0 Å². The summed E-state index contributed by atoms with van der Waals surface area (Å²) in [5.41, 5.74) is 0. The van der Waals surface area contributed by atoms with E-state index in [1.807, 2.05) is 0 Å². The first kappa shape index (κ1) is 21.4. The molecule has 0 nitrogen and oxygen atoms in total. The Kier molecular flexibility index (Phi) is 15.6. The molecule has 130 valence electrons. The van der Waals surface area contributed by atoms with E-state index in [0.717, 1.165) is 0 Å². The predicted molar refractivity (Wildman–Crippen MR) is 106 cm³/mol. The Hall–Kier alpha value is 0.430. The molecule has 0 spiro atoms. The summed E-state index contributed by atoms with van der Waals surface area (Å²) in [6.07, 6.45) is 23.9. The van der Waals surface area contributed by atoms with Gasteiger partial charge in [0, 0.05) is 0 Å². The zero-order valence-electron chi connectivity index (χ0n) is 15.8. The first-order valence-electron chi connectivity index (χ1n) is 10.2. The molecule has 0 atom stereocenters. The van der Waals surface area contributed by atoms with E-state index in [0.29, 0.717) is 0 Å². The van der Waals surface area contributed by atoms with Crippen molar-refractivity contribution in [2.45, 2.75) is 105 Å². The molecule has 0 saturated heterocycles. The van der Waals surface area contributed by atoms with Crippen LogP contribution in [0, 0.1) is 0 Å². The van der Waals surface area contributed by atoms with E-state index in [9.17, 15) is 0 Å². The summed E-state index contributed by atoms with van der Waals surface area (Å²) in [6, 6.07) is 0. The van der Waals surface area contributed by atoms with Crippen LogP contribution in [0.5, 0.6) is 0 Å². The van der Waals surface area contributed by atoms with Crippen LogP contribution in [-0.2, 0) is 0 Å². The quantitative estimate of drug-likeness (QED) is 0.204. The maximum absolute atomic E-state index is 2.44. The maximum atomic E-state index is 2.44. The van der Waals surface area contributed by atoms with Crippen molar-refractivity contribution in [3.05, 3.63) is 0 Å². The van der Waals surface area contributed by atoms with E-state index in [1.54, 1.807) is 6.16 Å². The van der Waals surface area contributed by atoms with Crippen LogP contribution in [0.4, 0.5) is 0 Å². The summed E-state index contributed by atoms with van der Waals surface area (Å²) in [7, 11) is -0.815. The molecule has 0 radical (unpaired) electrons. The van der Waals surface area contributed by atoms with Crippen molar-refractivity contribution in [2.75, 3.05) is 24.6 Å². The van der Waals surface area contributed by atoms with Crippen LogP contribution < -0.4 is 0 Å². The van der Waals surface area contributed by atoms with Gasteiger partial charge in [0.05, 0.1) is 0 Å². The molecule has 0 aromatic carbocycles. The Labute approximate surface area is 137 Å². The zero-order chi connectivity index (χ0) is 15.8. The Morgan fingerprint density at radius 2 is 0.762 bits per heavy atom. The molecule has 0 fully saturated rings. The molecule has 21 heavy (non-hydrogen) atoms. The molecular formula is C20H45P. The summed E-state index contributed by atoms with van der Waals surface area (Å²) in [5, 5.41) is 0. The van der Waals surface area contributed by atoms with Gasteiger partial charge < -0.3 is 0 Å². The van der Waals surface area contributed by atoms with Gasteiger partial charge >= 0.3 is 123 Å². The van der Waals surface area contributed by atoms with Crippen molar-refractivity contribution in [1.82, 2.24) is 0 Å². The van der Waals surface area contributed by atoms with Crippen LogP contribution in [0.1, 0.15) is 105 Å². The predicted octanol–water partition coefficient (Wildman–Crippen LogP) is 7.50. The van der Waals surface area contributed by atoms with Crippen molar-refractivity contribution < 1.29 is 0 Å². The minimum atomic E-state index is -0.815. The van der Waals surface area contributed by atoms with E-state index >= 15 is 0 Å². The van der Waals surface area contributed by atoms with Crippen molar-refractivity contribution >= 4 is 7.26 Å². The summed E-state index contributed by atoms with van der Waals surface area (Å²) in [4.78, 5) is 0. The normalized spacial score (nSPS) is 12.8. The van der Waals surface area contributed by atoms with Crippen molar-refractivity contribution in [3.63, 3.8) is 0 Å². The third kappa shape index (κ3) is 11.6. The Morgan fingerprint density at radius 3 is 1.10 bits per heavy atom. The van der Waals surface area contributed by atoms with Crippen LogP contribution in [0.15, 0.2) is 0 Å². The average molecular weight is 317 g/mol. The van der Waals surface area contributed by atoms with Crippen molar-refractivity contribution in [3.8, 4) is 0 Å². The van der Waals surface area contributed by atoms with Crippen LogP contribution in [-0.4, -0.2) is 24.6 Å². The fourth-order valence-electron chi connectivity index (χ4n) is 3.62. The van der Waals surface area contributed by atoms with Gasteiger partial charge in [0.1, 0.15) is 0 Å². The van der Waals surface area contributed by atoms with Gasteiger partial charge in [0.15, 0.2) is 0 Å². The molecule has 0 rings (SSSR count). The summed E-state index contributed by atoms with van der Waals surface area (Å²) in [5.74, 6) is 0. The monoisotopic (exact) mass is 316 g/mol. The van der Waals surface area contributed by atoms with Crippen molar-refractivity contribution in [2.24, 2.45) is 0 Å². The van der Waals surface area contributed by atoms with Crippen LogP contribution in [0.25, 0.3) is 0 Å². The molecule has 0 aliphatic carbocycles. The molecule has 0 saturated carbocycles. The van der Waals surface area contributed by atoms with Gasteiger partial charge in [0.25, 0.3) is 0 Å². The molecule has 0 aromatic rings. The second kappa shape index (κ2) is 15.3. The second-order valence-corrected chi connectivity index (χ2v) is 12.8.